The van der Waals surface area contributed by atoms with Crippen molar-refractivity contribution in [1.29, 1.82) is 0 Å². The largest absolute Gasteiger partial charge is 0.597 e. The van der Waals surface area contributed by atoms with Gasteiger partial charge in [-0.1, -0.05) is 102 Å². The molecule has 0 fully saturated rings. The van der Waals surface area contributed by atoms with Gasteiger partial charge >= 0.3 is 8.03 Å². The van der Waals surface area contributed by atoms with Crippen LogP contribution in [0.15, 0.2) is 72.8 Å². The lowest BCUT2D eigenvalue weighted by Crippen LogP contribution is -2.19. The Hall–Kier alpha value is -2.44. The highest BCUT2D eigenvalue weighted by Crippen LogP contribution is 2.43. The summed E-state index contributed by atoms with van der Waals surface area (Å²) in [5.74, 6) is 0.749. The van der Waals surface area contributed by atoms with Gasteiger partial charge in [-0.3, -0.25) is 0 Å². The zero-order valence-electron chi connectivity index (χ0n) is 18.2. The van der Waals surface area contributed by atoms with Gasteiger partial charge in [-0.25, -0.2) is 4.52 Å². The molecule has 0 aliphatic carbocycles. The Morgan fingerprint density at radius 1 is 0.655 bits per heavy atom. The average Bonchev–Trinajstić information content (AvgIpc) is 2.67. The smallest absolute Gasteiger partial charge is 0.250 e. The Kier molecular flexibility index (Phi) is 5.96. The summed E-state index contributed by atoms with van der Waals surface area (Å²) in [6, 6.07) is 24.2. The summed E-state index contributed by atoms with van der Waals surface area (Å²) in [5.41, 5.74) is 4.07. The maximum absolute atomic E-state index is 13.3. The average molecular weight is 405 g/mol. The van der Waals surface area contributed by atoms with Crippen molar-refractivity contribution in [2.45, 2.75) is 52.4 Å². The molecule has 1 atom stereocenters. The molecule has 0 aromatic heterocycles. The summed E-state index contributed by atoms with van der Waals surface area (Å²) in [7, 11) is -2.04. The van der Waals surface area contributed by atoms with Crippen LogP contribution < -0.4 is 9.83 Å². The quantitative estimate of drug-likeness (QED) is 0.423. The van der Waals surface area contributed by atoms with Crippen LogP contribution in [0.4, 0.5) is 0 Å². The van der Waals surface area contributed by atoms with Crippen LogP contribution in [0.1, 0.15) is 52.7 Å². The van der Waals surface area contributed by atoms with Gasteiger partial charge in [0.1, 0.15) is 0 Å². The van der Waals surface area contributed by atoms with Crippen molar-refractivity contribution < 1.29 is 9.09 Å². The molecule has 2 nitrogen and oxygen atoms in total. The number of benzene rings is 3. The molecule has 0 aliphatic rings. The van der Waals surface area contributed by atoms with Crippen molar-refractivity contribution in [3.63, 3.8) is 0 Å². The van der Waals surface area contributed by atoms with Gasteiger partial charge in [0.15, 0.2) is 5.75 Å². The van der Waals surface area contributed by atoms with E-state index >= 15 is 0 Å². The first-order valence-electron chi connectivity index (χ1n) is 10.0. The van der Waals surface area contributed by atoms with Gasteiger partial charge in [0, 0.05) is 17.2 Å². The van der Waals surface area contributed by atoms with Crippen LogP contribution >= 0.6 is 8.03 Å². The standard InChI is InChI=1S/C26H30O2P/c1-25(2,3)22-16-11-17-23(26(4,5)6)24(22)28-29(27)21-15-10-14-20(18-21)19-12-8-7-9-13-19/h7-18H,1-6H3/q+1. The minimum absolute atomic E-state index is 0.112. The summed E-state index contributed by atoms with van der Waals surface area (Å²) in [4.78, 5) is 0. The van der Waals surface area contributed by atoms with Gasteiger partial charge < -0.3 is 0 Å². The molecule has 0 N–H and O–H groups in total. The maximum Gasteiger partial charge on any atom is 0.597 e. The van der Waals surface area contributed by atoms with Gasteiger partial charge in [0.05, 0.1) is 0 Å². The molecule has 0 radical (unpaired) electrons. The first-order valence-corrected chi connectivity index (χ1v) is 11.2. The van der Waals surface area contributed by atoms with E-state index in [0.717, 1.165) is 28.0 Å². The molecule has 3 heteroatoms. The number of rotatable bonds is 4. The molecule has 0 amide bonds. The molecule has 1 unspecified atom stereocenters. The lowest BCUT2D eigenvalue weighted by Gasteiger charge is -2.26. The van der Waals surface area contributed by atoms with E-state index in [1.54, 1.807) is 0 Å². The van der Waals surface area contributed by atoms with Crippen LogP contribution in [0.25, 0.3) is 11.1 Å². The van der Waals surface area contributed by atoms with Gasteiger partial charge in [-0.2, -0.15) is 0 Å². The van der Waals surface area contributed by atoms with E-state index in [-0.39, 0.29) is 10.8 Å². The Bertz CT molecular complexity index is 977. The second kappa shape index (κ2) is 8.13. The predicted octanol–water partition coefficient (Wildman–Crippen LogP) is 7.40. The molecule has 0 heterocycles. The fourth-order valence-corrected chi connectivity index (χ4v) is 4.30. The zero-order valence-corrected chi connectivity index (χ0v) is 19.1. The Morgan fingerprint density at radius 3 is 1.72 bits per heavy atom. The first-order chi connectivity index (χ1) is 13.6. The second-order valence-electron chi connectivity index (χ2n) is 9.45. The van der Waals surface area contributed by atoms with E-state index < -0.39 is 8.03 Å². The Labute approximate surface area is 175 Å². The summed E-state index contributed by atoms with van der Waals surface area (Å²) in [5, 5.41) is 0.699. The molecule has 150 valence electrons. The third-order valence-corrected chi connectivity index (χ3v) is 6.02. The van der Waals surface area contributed by atoms with Crippen LogP contribution in [-0.2, 0) is 15.4 Å². The highest BCUT2D eigenvalue weighted by molar-refractivity contribution is 7.48. The molecule has 0 spiro atoms. The fraction of sp³-hybridized carbons (Fsp3) is 0.308. The molecule has 0 aliphatic heterocycles. The number of para-hydroxylation sites is 1. The van der Waals surface area contributed by atoms with Gasteiger partial charge in [0.2, 0.25) is 5.30 Å². The van der Waals surface area contributed by atoms with Crippen molar-refractivity contribution in [3.05, 3.63) is 83.9 Å². The van der Waals surface area contributed by atoms with Crippen LogP contribution in [0.2, 0.25) is 0 Å². The molecular formula is C26H30O2P+. The van der Waals surface area contributed by atoms with E-state index in [9.17, 15) is 4.57 Å². The molecule has 29 heavy (non-hydrogen) atoms. The van der Waals surface area contributed by atoms with Crippen molar-refractivity contribution in [1.82, 2.24) is 0 Å². The van der Waals surface area contributed by atoms with E-state index in [0.29, 0.717) is 5.30 Å². The molecular weight excluding hydrogens is 375 g/mol. The van der Waals surface area contributed by atoms with Crippen molar-refractivity contribution in [3.8, 4) is 16.9 Å². The van der Waals surface area contributed by atoms with Gasteiger partial charge in [-0.15, -0.1) is 0 Å². The van der Waals surface area contributed by atoms with Crippen LogP contribution in [0.3, 0.4) is 0 Å². The van der Waals surface area contributed by atoms with E-state index in [1.807, 2.05) is 42.5 Å². The van der Waals surface area contributed by atoms with E-state index in [4.69, 9.17) is 4.52 Å². The predicted molar refractivity (Wildman–Crippen MR) is 124 cm³/mol. The second-order valence-corrected chi connectivity index (χ2v) is 10.7. The summed E-state index contributed by atoms with van der Waals surface area (Å²) < 4.78 is 19.5. The van der Waals surface area contributed by atoms with Crippen molar-refractivity contribution >= 4 is 13.3 Å². The number of hydrogen-bond donors (Lipinski definition) is 0. The molecule has 0 bridgehead atoms. The molecule has 3 aromatic carbocycles. The van der Waals surface area contributed by atoms with Crippen molar-refractivity contribution in [2.75, 3.05) is 0 Å². The molecule has 3 aromatic rings. The maximum atomic E-state index is 13.3. The summed E-state index contributed by atoms with van der Waals surface area (Å²) in [6.07, 6.45) is 0. The van der Waals surface area contributed by atoms with Crippen LogP contribution in [-0.4, -0.2) is 0 Å². The fourth-order valence-electron chi connectivity index (χ4n) is 3.38. The Morgan fingerprint density at radius 2 is 1.17 bits per heavy atom. The van der Waals surface area contributed by atoms with E-state index in [1.165, 1.54) is 0 Å². The summed E-state index contributed by atoms with van der Waals surface area (Å²) >= 11 is 0. The number of hydrogen-bond acceptors (Lipinski definition) is 2. The monoisotopic (exact) mass is 405 g/mol. The zero-order chi connectivity index (χ0) is 21.2. The third kappa shape index (κ3) is 4.95. The highest BCUT2D eigenvalue weighted by Gasteiger charge is 2.33. The lowest BCUT2D eigenvalue weighted by atomic mass is 9.80. The normalized spacial score (nSPS) is 12.6. The molecule has 0 saturated carbocycles. The SMILES string of the molecule is CC(C)(C)c1cccc(C(C)(C)C)c1O[P+](=O)c1cccc(-c2ccccc2)c1. The molecule has 3 rings (SSSR count). The first kappa shape index (κ1) is 21.3. The van der Waals surface area contributed by atoms with Crippen molar-refractivity contribution in [2.24, 2.45) is 0 Å². The van der Waals surface area contributed by atoms with Crippen LogP contribution in [0, 0.1) is 0 Å². The van der Waals surface area contributed by atoms with E-state index in [2.05, 4.69) is 71.9 Å². The van der Waals surface area contributed by atoms with Gasteiger partial charge in [-0.05, 0) is 32.6 Å². The third-order valence-electron chi connectivity index (χ3n) is 4.97. The minimum atomic E-state index is -2.04. The topological polar surface area (TPSA) is 26.3 Å². The summed E-state index contributed by atoms with van der Waals surface area (Å²) in [6.45, 7) is 12.9. The Balaban J connectivity index is 2.02. The van der Waals surface area contributed by atoms with Gasteiger partial charge in [0.25, 0.3) is 0 Å². The molecule has 0 saturated heterocycles. The lowest BCUT2D eigenvalue weighted by molar-refractivity contribution is 0.474. The highest BCUT2D eigenvalue weighted by atomic mass is 31.1. The van der Waals surface area contributed by atoms with Crippen LogP contribution in [0.5, 0.6) is 5.75 Å². The minimum Gasteiger partial charge on any atom is -0.250 e.